The summed E-state index contributed by atoms with van der Waals surface area (Å²) in [4.78, 5) is 26.5. The van der Waals surface area contributed by atoms with Crippen molar-refractivity contribution in [1.29, 1.82) is 0 Å². The van der Waals surface area contributed by atoms with Crippen molar-refractivity contribution in [2.75, 3.05) is 44.2 Å². The Hall–Kier alpha value is -3.07. The second kappa shape index (κ2) is 7.64. The summed E-state index contributed by atoms with van der Waals surface area (Å²) in [6.45, 7) is 4.20. The maximum absolute atomic E-state index is 13.7. The first-order chi connectivity index (χ1) is 14.7. The lowest BCUT2D eigenvalue weighted by molar-refractivity contribution is -0.139. The molecular formula is C21H24FN7O. The Kier molecular flexibility index (Phi) is 4.82. The second-order valence-corrected chi connectivity index (χ2v) is 7.95. The van der Waals surface area contributed by atoms with Crippen LogP contribution in [0.4, 0.5) is 10.2 Å². The molecular weight excluding hydrogens is 385 g/mol. The molecule has 0 spiro atoms. The van der Waals surface area contributed by atoms with E-state index in [0.29, 0.717) is 31.8 Å². The first-order valence-corrected chi connectivity index (χ1v) is 10.3. The molecule has 30 heavy (non-hydrogen) atoms. The number of H-pyrrole nitrogens is 1. The number of piperazine rings is 1. The third-order valence-corrected chi connectivity index (χ3v) is 6.36. The van der Waals surface area contributed by atoms with Crippen molar-refractivity contribution in [3.8, 4) is 0 Å². The number of hydrogen-bond donors (Lipinski definition) is 2. The van der Waals surface area contributed by atoms with Crippen LogP contribution in [0.5, 0.6) is 0 Å². The topological polar surface area (TPSA) is 90.0 Å². The van der Waals surface area contributed by atoms with E-state index >= 15 is 0 Å². The Bertz CT molecular complexity index is 1040. The van der Waals surface area contributed by atoms with Gasteiger partial charge in [0, 0.05) is 26.2 Å². The summed E-state index contributed by atoms with van der Waals surface area (Å²) in [5, 5.41) is 11.2. The minimum atomic E-state index is -0.589. The fraction of sp³-hybridized carbons (Fsp3) is 0.429. The Morgan fingerprint density at radius 3 is 2.50 bits per heavy atom. The summed E-state index contributed by atoms with van der Waals surface area (Å²) in [7, 11) is 0. The van der Waals surface area contributed by atoms with Gasteiger partial charge >= 0.3 is 0 Å². The summed E-state index contributed by atoms with van der Waals surface area (Å²) in [5.41, 5.74) is 1.03. The highest BCUT2D eigenvalue weighted by atomic mass is 19.1. The molecule has 0 saturated carbocycles. The van der Waals surface area contributed by atoms with Gasteiger partial charge in [-0.25, -0.2) is 14.4 Å². The van der Waals surface area contributed by atoms with Gasteiger partial charge in [-0.1, -0.05) is 12.1 Å². The highest BCUT2D eigenvalue weighted by molar-refractivity contribution is 5.89. The van der Waals surface area contributed by atoms with Gasteiger partial charge in [0.15, 0.2) is 5.65 Å². The second-order valence-electron chi connectivity index (χ2n) is 7.95. The van der Waals surface area contributed by atoms with Crippen molar-refractivity contribution in [2.24, 2.45) is 0 Å². The van der Waals surface area contributed by atoms with Crippen molar-refractivity contribution in [3.05, 3.63) is 48.2 Å². The van der Waals surface area contributed by atoms with E-state index < -0.39 is 5.41 Å². The van der Waals surface area contributed by atoms with Crippen LogP contribution in [-0.2, 0) is 10.2 Å². The SMILES string of the molecule is O=C(N1CCN(c2ncnc3[nH]ncc23)CC1)C1(c2ccc(F)cc2)CCNCC1. The van der Waals surface area contributed by atoms with Crippen molar-refractivity contribution in [3.63, 3.8) is 0 Å². The predicted molar refractivity (Wildman–Crippen MR) is 111 cm³/mol. The van der Waals surface area contributed by atoms with Gasteiger partial charge in [-0.3, -0.25) is 9.89 Å². The monoisotopic (exact) mass is 409 g/mol. The molecule has 1 amide bonds. The number of fused-ring (bicyclic) bond motifs is 1. The maximum atomic E-state index is 13.7. The molecule has 4 heterocycles. The molecule has 1 aromatic carbocycles. The standard InChI is InChI=1S/C21H24FN7O/c22-16-3-1-15(2-4-16)21(5-7-23-8-6-21)20(30)29-11-9-28(10-12-29)19-17-13-26-27-18(17)24-14-25-19/h1-4,13-14,23H,5-12H2,(H,24,25,26,27). The Morgan fingerprint density at radius 1 is 1.03 bits per heavy atom. The molecule has 156 valence electrons. The van der Waals surface area contributed by atoms with Crippen LogP contribution in [0.2, 0.25) is 0 Å². The average Bonchev–Trinajstić information content (AvgIpc) is 3.29. The van der Waals surface area contributed by atoms with Crippen molar-refractivity contribution in [1.82, 2.24) is 30.4 Å². The molecule has 2 saturated heterocycles. The van der Waals surface area contributed by atoms with Crippen LogP contribution in [0, 0.1) is 5.82 Å². The number of hydrogen-bond acceptors (Lipinski definition) is 6. The number of nitrogens with one attached hydrogen (secondary N) is 2. The van der Waals surface area contributed by atoms with E-state index in [2.05, 4.69) is 30.4 Å². The third-order valence-electron chi connectivity index (χ3n) is 6.36. The molecule has 0 aliphatic carbocycles. The van der Waals surface area contributed by atoms with Gasteiger partial charge in [-0.05, 0) is 43.6 Å². The summed E-state index contributed by atoms with van der Waals surface area (Å²) in [6.07, 6.45) is 4.71. The smallest absolute Gasteiger partial charge is 0.233 e. The number of carbonyl (C=O) groups is 1. The van der Waals surface area contributed by atoms with E-state index in [1.807, 2.05) is 4.90 Å². The third kappa shape index (κ3) is 3.19. The zero-order valence-corrected chi connectivity index (χ0v) is 16.6. The largest absolute Gasteiger partial charge is 0.352 e. The van der Waals surface area contributed by atoms with Gasteiger partial charge in [0.1, 0.15) is 18.0 Å². The summed E-state index contributed by atoms with van der Waals surface area (Å²) in [5.74, 6) is 0.710. The van der Waals surface area contributed by atoms with Gasteiger partial charge in [0.2, 0.25) is 5.91 Å². The van der Waals surface area contributed by atoms with Gasteiger partial charge < -0.3 is 15.1 Å². The number of halogens is 1. The maximum Gasteiger partial charge on any atom is 0.233 e. The van der Waals surface area contributed by atoms with Gasteiger partial charge in [0.25, 0.3) is 0 Å². The van der Waals surface area contributed by atoms with Crippen LogP contribution < -0.4 is 10.2 Å². The van der Waals surface area contributed by atoms with Crippen LogP contribution >= 0.6 is 0 Å². The van der Waals surface area contributed by atoms with E-state index in [0.717, 1.165) is 42.7 Å². The van der Waals surface area contributed by atoms with Gasteiger partial charge in [-0.2, -0.15) is 5.10 Å². The zero-order chi connectivity index (χ0) is 20.6. The number of benzene rings is 1. The van der Waals surface area contributed by atoms with E-state index in [-0.39, 0.29) is 11.7 Å². The molecule has 0 radical (unpaired) electrons. The fourth-order valence-corrected chi connectivity index (χ4v) is 4.68. The highest BCUT2D eigenvalue weighted by Crippen LogP contribution is 2.36. The molecule has 2 fully saturated rings. The lowest BCUT2D eigenvalue weighted by atomic mass is 9.72. The molecule has 0 unspecified atom stereocenters. The van der Waals surface area contributed by atoms with Crippen LogP contribution in [0.3, 0.4) is 0 Å². The molecule has 3 aromatic rings. The van der Waals surface area contributed by atoms with E-state index in [1.54, 1.807) is 18.3 Å². The minimum absolute atomic E-state index is 0.145. The van der Waals surface area contributed by atoms with Crippen LogP contribution in [0.1, 0.15) is 18.4 Å². The molecule has 2 aromatic heterocycles. The fourth-order valence-electron chi connectivity index (χ4n) is 4.68. The summed E-state index contributed by atoms with van der Waals surface area (Å²) >= 11 is 0. The Labute approximate surface area is 173 Å². The van der Waals surface area contributed by atoms with Crippen LogP contribution in [0.15, 0.2) is 36.8 Å². The molecule has 0 atom stereocenters. The number of amides is 1. The molecule has 8 nitrogen and oxygen atoms in total. The number of carbonyl (C=O) groups excluding carboxylic acids is 1. The molecule has 2 aliphatic rings. The van der Waals surface area contributed by atoms with Crippen LogP contribution in [-0.4, -0.2) is 70.2 Å². The number of piperidine rings is 1. The van der Waals surface area contributed by atoms with E-state index in [4.69, 9.17) is 0 Å². The summed E-state index contributed by atoms with van der Waals surface area (Å²) in [6, 6.07) is 6.45. The minimum Gasteiger partial charge on any atom is -0.352 e. The number of nitrogens with zero attached hydrogens (tertiary/aromatic N) is 5. The zero-order valence-electron chi connectivity index (χ0n) is 16.6. The van der Waals surface area contributed by atoms with Crippen molar-refractivity contribution < 1.29 is 9.18 Å². The molecule has 9 heteroatoms. The van der Waals surface area contributed by atoms with E-state index in [9.17, 15) is 9.18 Å². The predicted octanol–water partition coefficient (Wildman–Crippen LogP) is 1.46. The molecule has 0 bridgehead atoms. The molecule has 5 rings (SSSR count). The number of rotatable bonds is 3. The van der Waals surface area contributed by atoms with Crippen molar-refractivity contribution >= 4 is 22.8 Å². The molecule has 2 N–H and O–H groups in total. The Morgan fingerprint density at radius 2 is 1.77 bits per heavy atom. The Balaban J connectivity index is 1.36. The van der Waals surface area contributed by atoms with Gasteiger partial charge in [0.05, 0.1) is 17.0 Å². The van der Waals surface area contributed by atoms with E-state index in [1.165, 1.54) is 18.5 Å². The normalized spacial score (nSPS) is 19.2. The van der Waals surface area contributed by atoms with Crippen LogP contribution in [0.25, 0.3) is 11.0 Å². The molecule has 2 aliphatic heterocycles. The quantitative estimate of drug-likeness (QED) is 0.681. The average molecular weight is 409 g/mol. The first kappa shape index (κ1) is 18.9. The lowest BCUT2D eigenvalue weighted by Crippen LogP contribution is -2.57. The first-order valence-electron chi connectivity index (χ1n) is 10.3. The number of aromatic amines is 1. The highest BCUT2D eigenvalue weighted by Gasteiger charge is 2.44. The number of anilines is 1. The van der Waals surface area contributed by atoms with Crippen molar-refractivity contribution in [2.45, 2.75) is 18.3 Å². The number of aromatic nitrogens is 4. The lowest BCUT2D eigenvalue weighted by Gasteiger charge is -2.43. The van der Waals surface area contributed by atoms with Gasteiger partial charge in [-0.15, -0.1) is 0 Å². The summed E-state index contributed by atoms with van der Waals surface area (Å²) < 4.78 is 13.5.